The molecule has 33 heavy (non-hydrogen) atoms. The van der Waals surface area contributed by atoms with Gasteiger partial charge in [-0.1, -0.05) is 51.8 Å². The summed E-state index contributed by atoms with van der Waals surface area (Å²) in [6.45, 7) is 2.09. The van der Waals surface area contributed by atoms with Crippen molar-refractivity contribution in [2.45, 2.75) is 13.5 Å². The van der Waals surface area contributed by atoms with Crippen LogP contribution in [0, 0.1) is 6.92 Å². The number of nitrogens with zero attached hydrogens (tertiary/aromatic N) is 1. The molecule has 1 heterocycles. The van der Waals surface area contributed by atoms with Crippen LogP contribution >= 0.6 is 27.5 Å². The Morgan fingerprint density at radius 1 is 1.03 bits per heavy atom. The predicted molar refractivity (Wildman–Crippen MR) is 130 cm³/mol. The van der Waals surface area contributed by atoms with Crippen LogP contribution in [0.1, 0.15) is 16.7 Å². The van der Waals surface area contributed by atoms with Crippen LogP contribution in [0.2, 0.25) is 5.02 Å². The number of nitrogens with one attached hydrogen (secondary N) is 1. The van der Waals surface area contributed by atoms with Crippen molar-refractivity contribution in [3.63, 3.8) is 0 Å². The quantitative estimate of drug-likeness (QED) is 0.345. The molecule has 3 aromatic rings. The summed E-state index contributed by atoms with van der Waals surface area (Å²) in [5.41, 5.74) is 2.44. The average Bonchev–Trinajstić information content (AvgIpc) is 2.76. The molecule has 4 amide bonds. The minimum Gasteiger partial charge on any atom is -0.488 e. The Labute approximate surface area is 203 Å². The third-order valence-corrected chi connectivity index (χ3v) is 5.64. The van der Waals surface area contributed by atoms with Gasteiger partial charge in [0.05, 0.1) is 5.69 Å². The lowest BCUT2D eigenvalue weighted by molar-refractivity contribution is -0.122. The number of halogens is 2. The summed E-state index contributed by atoms with van der Waals surface area (Å²) in [6.07, 6.45) is 1.42. The highest BCUT2D eigenvalue weighted by molar-refractivity contribution is 9.10. The van der Waals surface area contributed by atoms with Gasteiger partial charge in [-0.15, -0.1) is 0 Å². The van der Waals surface area contributed by atoms with Gasteiger partial charge < -0.3 is 4.74 Å². The van der Waals surface area contributed by atoms with Crippen molar-refractivity contribution < 1.29 is 19.1 Å². The van der Waals surface area contributed by atoms with Gasteiger partial charge in [-0.05, 0) is 66.6 Å². The Balaban J connectivity index is 1.68. The molecule has 0 atom stereocenters. The summed E-state index contributed by atoms with van der Waals surface area (Å²) in [7, 11) is 0. The third kappa shape index (κ3) is 5.16. The second-order valence-corrected chi connectivity index (χ2v) is 8.75. The van der Waals surface area contributed by atoms with Gasteiger partial charge >= 0.3 is 6.03 Å². The largest absolute Gasteiger partial charge is 0.488 e. The van der Waals surface area contributed by atoms with Gasteiger partial charge in [0.1, 0.15) is 17.9 Å². The summed E-state index contributed by atoms with van der Waals surface area (Å²) in [6, 6.07) is 18.7. The molecule has 1 N–H and O–H groups in total. The fourth-order valence-electron chi connectivity index (χ4n) is 3.37. The first-order chi connectivity index (χ1) is 15.8. The molecule has 6 nitrogen and oxygen atoms in total. The fourth-order valence-corrected chi connectivity index (χ4v) is 3.96. The summed E-state index contributed by atoms with van der Waals surface area (Å²) in [5.74, 6) is -1.02. The van der Waals surface area contributed by atoms with Gasteiger partial charge in [0.25, 0.3) is 11.8 Å². The van der Waals surface area contributed by atoms with E-state index in [1.807, 2.05) is 25.1 Å². The highest BCUT2D eigenvalue weighted by atomic mass is 79.9. The van der Waals surface area contributed by atoms with Crippen LogP contribution in [0.5, 0.6) is 5.75 Å². The van der Waals surface area contributed by atoms with Gasteiger partial charge in [0.15, 0.2) is 0 Å². The van der Waals surface area contributed by atoms with E-state index in [1.54, 1.807) is 48.5 Å². The van der Waals surface area contributed by atoms with E-state index in [2.05, 4.69) is 21.2 Å². The number of benzene rings is 3. The molecule has 1 saturated heterocycles. The maximum Gasteiger partial charge on any atom is 0.335 e. The molecular weight excluding hydrogens is 508 g/mol. The molecule has 4 rings (SSSR count). The highest BCUT2D eigenvalue weighted by Crippen LogP contribution is 2.29. The Kier molecular flexibility index (Phi) is 6.62. The number of rotatable bonds is 5. The van der Waals surface area contributed by atoms with Crippen LogP contribution < -0.4 is 15.0 Å². The molecule has 3 aromatic carbocycles. The molecule has 0 unspecified atom stereocenters. The summed E-state index contributed by atoms with van der Waals surface area (Å²) < 4.78 is 6.68. The third-order valence-electron chi connectivity index (χ3n) is 4.92. The van der Waals surface area contributed by atoms with Gasteiger partial charge in [0, 0.05) is 15.1 Å². The van der Waals surface area contributed by atoms with Crippen molar-refractivity contribution in [1.82, 2.24) is 5.32 Å². The first-order valence-electron chi connectivity index (χ1n) is 9.97. The van der Waals surface area contributed by atoms with E-state index in [9.17, 15) is 14.4 Å². The van der Waals surface area contributed by atoms with Crippen LogP contribution in [0.25, 0.3) is 6.08 Å². The smallest absolute Gasteiger partial charge is 0.335 e. The summed E-state index contributed by atoms with van der Waals surface area (Å²) >= 11 is 9.45. The van der Waals surface area contributed by atoms with Crippen molar-refractivity contribution in [1.29, 1.82) is 0 Å². The van der Waals surface area contributed by atoms with Crippen LogP contribution in [0.3, 0.4) is 0 Å². The first-order valence-corrected chi connectivity index (χ1v) is 11.1. The number of anilines is 1. The maximum atomic E-state index is 13.2. The number of urea groups is 1. The van der Waals surface area contributed by atoms with Gasteiger partial charge in [-0.3, -0.25) is 14.9 Å². The molecule has 0 spiro atoms. The molecular formula is C25H18BrClN2O4. The molecule has 0 aliphatic carbocycles. The van der Waals surface area contributed by atoms with Gasteiger partial charge in [-0.25, -0.2) is 9.69 Å². The molecule has 166 valence electrons. The van der Waals surface area contributed by atoms with E-state index in [4.69, 9.17) is 16.3 Å². The topological polar surface area (TPSA) is 75.7 Å². The summed E-state index contributed by atoms with van der Waals surface area (Å²) in [4.78, 5) is 39.1. The SMILES string of the molecule is Cc1cccc(N2C(=O)NC(=O)/C(=C\c3cc(Br)ccc3OCc3cccc(Cl)c3)C2=O)c1. The standard InChI is InChI=1S/C25H18BrClN2O4/c1-15-4-2-7-20(10-15)29-24(31)21(23(30)28-25(29)32)13-17-12-18(26)8-9-22(17)33-14-16-5-3-6-19(27)11-16/h2-13H,14H2,1H3,(H,28,30,32)/b21-13+. The van der Waals surface area contributed by atoms with Crippen LogP contribution in [-0.4, -0.2) is 17.8 Å². The van der Waals surface area contributed by atoms with Crippen molar-refractivity contribution in [3.8, 4) is 5.75 Å². The number of hydrogen-bond acceptors (Lipinski definition) is 4. The first kappa shape index (κ1) is 22.8. The number of aryl methyl sites for hydroxylation is 1. The zero-order valence-corrected chi connectivity index (χ0v) is 19.8. The van der Waals surface area contributed by atoms with Gasteiger partial charge in [-0.2, -0.15) is 0 Å². The van der Waals surface area contributed by atoms with Crippen molar-refractivity contribution in [2.24, 2.45) is 0 Å². The predicted octanol–water partition coefficient (Wildman–Crippen LogP) is 5.66. The lowest BCUT2D eigenvalue weighted by atomic mass is 10.1. The van der Waals surface area contributed by atoms with Crippen molar-refractivity contribution >= 4 is 57.1 Å². The Bertz CT molecular complexity index is 1310. The fraction of sp³-hybridized carbons (Fsp3) is 0.0800. The molecule has 0 bridgehead atoms. The molecule has 0 aromatic heterocycles. The van der Waals surface area contributed by atoms with Crippen LogP contribution in [0.4, 0.5) is 10.5 Å². The molecule has 1 fully saturated rings. The number of barbiturate groups is 1. The number of amides is 4. The second kappa shape index (κ2) is 9.60. The number of carbonyl (C=O) groups is 3. The van der Waals surface area contributed by atoms with Crippen molar-refractivity contribution in [3.05, 3.63) is 98.5 Å². The minimum atomic E-state index is -0.792. The highest BCUT2D eigenvalue weighted by Gasteiger charge is 2.37. The normalized spacial score (nSPS) is 15.1. The van der Waals surface area contributed by atoms with Gasteiger partial charge in [0.2, 0.25) is 0 Å². The van der Waals surface area contributed by atoms with E-state index in [0.717, 1.165) is 20.5 Å². The monoisotopic (exact) mass is 524 g/mol. The molecule has 1 aliphatic rings. The summed E-state index contributed by atoms with van der Waals surface area (Å²) in [5, 5.41) is 2.83. The zero-order chi connectivity index (χ0) is 23.5. The Morgan fingerprint density at radius 3 is 2.58 bits per heavy atom. The number of imide groups is 2. The zero-order valence-electron chi connectivity index (χ0n) is 17.5. The van der Waals surface area contributed by atoms with E-state index < -0.39 is 17.8 Å². The minimum absolute atomic E-state index is 0.179. The average molecular weight is 526 g/mol. The molecule has 0 radical (unpaired) electrons. The lowest BCUT2D eigenvalue weighted by Crippen LogP contribution is -2.54. The molecule has 8 heteroatoms. The van der Waals surface area contributed by atoms with Crippen LogP contribution in [-0.2, 0) is 16.2 Å². The number of ether oxygens (including phenoxy) is 1. The van der Waals surface area contributed by atoms with E-state index in [1.165, 1.54) is 6.08 Å². The second-order valence-electron chi connectivity index (χ2n) is 7.40. The number of carbonyl (C=O) groups excluding carboxylic acids is 3. The Hall–Kier alpha value is -3.42. The van der Waals surface area contributed by atoms with E-state index in [0.29, 0.717) is 22.0 Å². The molecule has 1 aliphatic heterocycles. The van der Waals surface area contributed by atoms with E-state index >= 15 is 0 Å². The lowest BCUT2D eigenvalue weighted by Gasteiger charge is -2.26. The maximum absolute atomic E-state index is 13.2. The molecule has 0 saturated carbocycles. The van der Waals surface area contributed by atoms with Crippen molar-refractivity contribution in [2.75, 3.05) is 4.90 Å². The number of hydrogen-bond donors (Lipinski definition) is 1. The van der Waals surface area contributed by atoms with E-state index in [-0.39, 0.29) is 12.2 Å². The Morgan fingerprint density at radius 2 is 1.82 bits per heavy atom. The van der Waals surface area contributed by atoms with Crippen LogP contribution in [0.15, 0.2) is 76.8 Å².